The van der Waals surface area contributed by atoms with Crippen LogP contribution in [0.2, 0.25) is 0 Å². The minimum Gasteiger partial charge on any atom is -0.497 e. The summed E-state index contributed by atoms with van der Waals surface area (Å²) in [5.74, 6) is -0.386. The van der Waals surface area contributed by atoms with Gasteiger partial charge in [0.2, 0.25) is 5.91 Å². The van der Waals surface area contributed by atoms with Gasteiger partial charge in [-0.15, -0.1) is 0 Å². The molecule has 0 unspecified atom stereocenters. The molecule has 0 N–H and O–H groups in total. The highest BCUT2D eigenvalue weighted by Crippen LogP contribution is 2.39. The summed E-state index contributed by atoms with van der Waals surface area (Å²) in [6.45, 7) is 3.52. The van der Waals surface area contributed by atoms with E-state index in [0.29, 0.717) is 55.9 Å². The summed E-state index contributed by atoms with van der Waals surface area (Å²) in [6.07, 6.45) is 0.739. The molecular formula is C28H33FN4O5. The molecule has 3 saturated heterocycles. The smallest absolute Gasteiger partial charge is 0.256 e. The van der Waals surface area contributed by atoms with Gasteiger partial charge in [-0.1, -0.05) is 0 Å². The number of methoxy groups -OCH3 is 1. The van der Waals surface area contributed by atoms with Crippen LogP contribution in [0.1, 0.15) is 33.6 Å². The van der Waals surface area contributed by atoms with Gasteiger partial charge in [-0.25, -0.2) is 4.39 Å². The Morgan fingerprint density at radius 2 is 1.42 bits per heavy atom. The van der Waals surface area contributed by atoms with Gasteiger partial charge < -0.3 is 24.2 Å². The zero-order valence-electron chi connectivity index (χ0n) is 21.8. The Hall–Kier alpha value is -3.50. The van der Waals surface area contributed by atoms with Gasteiger partial charge in [0.25, 0.3) is 11.8 Å². The maximum Gasteiger partial charge on any atom is 0.256 e. The van der Waals surface area contributed by atoms with Crippen molar-refractivity contribution in [3.8, 4) is 5.75 Å². The second kappa shape index (κ2) is 10.7. The van der Waals surface area contributed by atoms with Gasteiger partial charge in [0.05, 0.1) is 13.7 Å². The van der Waals surface area contributed by atoms with Crippen LogP contribution in [-0.4, -0.2) is 109 Å². The number of piperazine rings is 1. The highest BCUT2D eigenvalue weighted by atomic mass is 19.1. The number of likely N-dealkylation sites (N-methyl/N-ethyl adjacent to an activating group) is 1. The molecule has 10 heteroatoms. The molecule has 0 radical (unpaired) electrons. The molecule has 3 aliphatic heterocycles. The Bertz CT molecular complexity index is 1170. The van der Waals surface area contributed by atoms with E-state index in [9.17, 15) is 18.8 Å². The molecule has 0 aliphatic carbocycles. The Morgan fingerprint density at radius 3 is 2.03 bits per heavy atom. The Labute approximate surface area is 221 Å². The summed E-state index contributed by atoms with van der Waals surface area (Å²) in [7, 11) is 3.59. The van der Waals surface area contributed by atoms with Gasteiger partial charge in [-0.05, 0) is 55.6 Å². The molecule has 3 amide bonds. The molecule has 3 aliphatic rings. The van der Waals surface area contributed by atoms with Crippen LogP contribution in [0, 0.1) is 5.82 Å². The van der Waals surface area contributed by atoms with Crippen LogP contribution in [0.3, 0.4) is 0 Å². The third-order valence-electron chi connectivity index (χ3n) is 7.84. The molecule has 1 spiro atoms. The molecule has 0 aromatic heterocycles. The zero-order chi connectivity index (χ0) is 26.9. The molecule has 2 aromatic rings. The van der Waals surface area contributed by atoms with Crippen molar-refractivity contribution < 1.29 is 28.2 Å². The number of hydrogen-bond donors (Lipinski definition) is 0. The van der Waals surface area contributed by atoms with Crippen molar-refractivity contribution >= 4 is 17.7 Å². The predicted molar refractivity (Wildman–Crippen MR) is 137 cm³/mol. The third-order valence-corrected chi connectivity index (χ3v) is 7.84. The first-order valence-electron chi connectivity index (χ1n) is 13.0. The number of amides is 3. The summed E-state index contributed by atoms with van der Waals surface area (Å²) < 4.78 is 25.1. The minimum atomic E-state index is -1.02. The average molecular weight is 525 g/mol. The maximum absolute atomic E-state index is 13.8. The van der Waals surface area contributed by atoms with E-state index in [0.717, 1.165) is 13.1 Å². The van der Waals surface area contributed by atoms with E-state index >= 15 is 0 Å². The lowest BCUT2D eigenvalue weighted by Gasteiger charge is -2.45. The summed E-state index contributed by atoms with van der Waals surface area (Å²) in [4.78, 5) is 47.9. The maximum atomic E-state index is 13.8. The number of halogens is 1. The van der Waals surface area contributed by atoms with Crippen molar-refractivity contribution in [1.29, 1.82) is 0 Å². The molecule has 2 aromatic carbocycles. The van der Waals surface area contributed by atoms with Crippen molar-refractivity contribution in [2.75, 3.05) is 60.0 Å². The summed E-state index contributed by atoms with van der Waals surface area (Å²) in [5, 5.41) is 0. The highest BCUT2D eigenvalue weighted by Gasteiger charge is 2.55. The first kappa shape index (κ1) is 26.1. The van der Waals surface area contributed by atoms with E-state index < -0.39 is 17.6 Å². The fraction of sp³-hybridized carbons (Fsp3) is 0.464. The highest BCUT2D eigenvalue weighted by molar-refractivity contribution is 5.98. The lowest BCUT2D eigenvalue weighted by atomic mass is 9.96. The average Bonchev–Trinajstić information content (AvgIpc) is 3.31. The van der Waals surface area contributed by atoms with Crippen molar-refractivity contribution in [2.45, 2.75) is 24.6 Å². The van der Waals surface area contributed by atoms with Crippen LogP contribution in [0.4, 0.5) is 4.39 Å². The normalized spacial score (nSPS) is 21.6. The van der Waals surface area contributed by atoms with E-state index in [4.69, 9.17) is 9.47 Å². The van der Waals surface area contributed by atoms with Crippen LogP contribution in [0.25, 0.3) is 0 Å². The summed E-state index contributed by atoms with van der Waals surface area (Å²) in [6, 6.07) is 11.5. The lowest BCUT2D eigenvalue weighted by Crippen LogP contribution is -2.61. The van der Waals surface area contributed by atoms with Gasteiger partial charge >= 0.3 is 0 Å². The van der Waals surface area contributed by atoms with Crippen LogP contribution in [0.15, 0.2) is 48.5 Å². The minimum absolute atomic E-state index is 0.0878. The Balaban J connectivity index is 1.37. The van der Waals surface area contributed by atoms with Crippen LogP contribution < -0.4 is 4.74 Å². The van der Waals surface area contributed by atoms with Crippen LogP contribution in [0.5, 0.6) is 5.75 Å². The molecule has 5 rings (SSSR count). The number of benzene rings is 2. The fourth-order valence-electron chi connectivity index (χ4n) is 5.50. The first-order valence-corrected chi connectivity index (χ1v) is 13.0. The number of piperidine rings is 1. The largest absolute Gasteiger partial charge is 0.497 e. The lowest BCUT2D eigenvalue weighted by molar-refractivity contribution is -0.139. The van der Waals surface area contributed by atoms with E-state index in [1.807, 2.05) is 7.05 Å². The van der Waals surface area contributed by atoms with Gasteiger partial charge in [-0.3, -0.25) is 19.3 Å². The fourth-order valence-corrected chi connectivity index (χ4v) is 5.50. The molecule has 202 valence electrons. The number of carbonyl (C=O) groups excluding carboxylic acids is 3. The molecule has 0 saturated carbocycles. The van der Waals surface area contributed by atoms with E-state index in [1.54, 1.807) is 46.1 Å². The van der Waals surface area contributed by atoms with Gasteiger partial charge in [0.1, 0.15) is 23.3 Å². The zero-order valence-corrected chi connectivity index (χ0v) is 21.8. The molecule has 0 bridgehead atoms. The van der Waals surface area contributed by atoms with Crippen molar-refractivity contribution in [2.24, 2.45) is 0 Å². The van der Waals surface area contributed by atoms with Crippen LogP contribution >= 0.6 is 0 Å². The quantitative estimate of drug-likeness (QED) is 0.609. The monoisotopic (exact) mass is 524 g/mol. The summed E-state index contributed by atoms with van der Waals surface area (Å²) >= 11 is 0. The van der Waals surface area contributed by atoms with Gasteiger partial charge in [0, 0.05) is 63.2 Å². The number of likely N-dealkylation sites (tertiary alicyclic amines) is 1. The van der Waals surface area contributed by atoms with Gasteiger partial charge in [0.15, 0.2) is 0 Å². The Morgan fingerprint density at radius 1 is 0.842 bits per heavy atom. The molecule has 3 fully saturated rings. The number of carbonyl (C=O) groups is 3. The molecular weight excluding hydrogens is 491 g/mol. The Kier molecular flexibility index (Phi) is 7.36. The number of ether oxygens (including phenoxy) is 2. The van der Waals surface area contributed by atoms with Crippen molar-refractivity contribution in [1.82, 2.24) is 19.6 Å². The first-order chi connectivity index (χ1) is 18.3. The number of hydrogen-bond acceptors (Lipinski definition) is 6. The number of nitrogens with zero attached hydrogens (tertiary/aromatic N) is 4. The van der Waals surface area contributed by atoms with E-state index in [-0.39, 0.29) is 24.3 Å². The molecule has 9 nitrogen and oxygen atoms in total. The molecule has 3 heterocycles. The summed E-state index contributed by atoms with van der Waals surface area (Å²) in [5.41, 5.74) is -0.171. The van der Waals surface area contributed by atoms with E-state index in [2.05, 4.69) is 4.90 Å². The predicted octanol–water partition coefficient (Wildman–Crippen LogP) is 2.08. The molecule has 38 heavy (non-hydrogen) atoms. The number of rotatable bonds is 4. The second-order valence-electron chi connectivity index (χ2n) is 10.1. The second-order valence-corrected chi connectivity index (χ2v) is 10.1. The standard InChI is InChI=1S/C28H33FN4O5/c1-30-15-17-32(18-16-30)27(36)24-19-38-28(33(24)26(35)21-3-7-22(29)8-4-21)11-13-31(14-12-28)25(34)20-5-9-23(37-2)10-6-20/h3-10,24H,11-19H2,1-2H3/t24-/m0/s1. The van der Waals surface area contributed by atoms with Gasteiger partial charge in [-0.2, -0.15) is 0 Å². The van der Waals surface area contributed by atoms with E-state index in [1.165, 1.54) is 24.3 Å². The molecule has 1 atom stereocenters. The van der Waals surface area contributed by atoms with Crippen molar-refractivity contribution in [3.63, 3.8) is 0 Å². The van der Waals surface area contributed by atoms with Crippen molar-refractivity contribution in [3.05, 3.63) is 65.5 Å². The van der Waals surface area contributed by atoms with Crippen LogP contribution in [-0.2, 0) is 9.53 Å². The third kappa shape index (κ3) is 4.98. The topological polar surface area (TPSA) is 82.6 Å². The SMILES string of the molecule is COc1ccc(C(=O)N2CCC3(CC2)OC[C@@H](C(=O)N2CCN(C)CC2)N3C(=O)c2ccc(F)cc2)cc1.